The van der Waals surface area contributed by atoms with E-state index in [1.165, 1.54) is 186 Å². The van der Waals surface area contributed by atoms with E-state index >= 15 is 0 Å². The van der Waals surface area contributed by atoms with Crippen molar-refractivity contribution in [3.63, 3.8) is 0 Å². The summed E-state index contributed by atoms with van der Waals surface area (Å²) in [4.78, 5) is 24.5. The van der Waals surface area contributed by atoms with Crippen LogP contribution in [0.3, 0.4) is 0 Å². The molecule has 0 aromatic rings. The zero-order valence-corrected chi connectivity index (χ0v) is 40.2. The maximum Gasteiger partial charge on any atom is 0.305 e. The number of nitrogens with one attached hydrogen (secondary N) is 1. The molecule has 0 aromatic heterocycles. The van der Waals surface area contributed by atoms with Crippen LogP contribution in [-0.4, -0.2) is 47.4 Å². The molecule has 354 valence electrons. The van der Waals surface area contributed by atoms with Gasteiger partial charge in [-0.1, -0.05) is 244 Å². The molecule has 1 amide bonds. The number of hydrogen-bond acceptors (Lipinski definition) is 5. The van der Waals surface area contributed by atoms with Crippen molar-refractivity contribution < 1.29 is 24.5 Å². The molecule has 0 radical (unpaired) electrons. The van der Waals surface area contributed by atoms with E-state index in [0.29, 0.717) is 19.4 Å². The Kier molecular flexibility index (Phi) is 48.6. The molecular weight excluding hydrogens is 743 g/mol. The van der Waals surface area contributed by atoms with Crippen LogP contribution >= 0.6 is 0 Å². The van der Waals surface area contributed by atoms with Gasteiger partial charge in [0.1, 0.15) is 0 Å². The van der Waals surface area contributed by atoms with Crippen LogP contribution in [0.5, 0.6) is 0 Å². The van der Waals surface area contributed by atoms with Gasteiger partial charge in [-0.25, -0.2) is 0 Å². The van der Waals surface area contributed by atoms with Gasteiger partial charge in [-0.3, -0.25) is 9.59 Å². The number of aliphatic hydroxyl groups is 2. The Hall–Kier alpha value is -1.66. The van der Waals surface area contributed by atoms with E-state index in [-0.39, 0.29) is 18.5 Å². The highest BCUT2D eigenvalue weighted by Crippen LogP contribution is 2.16. The van der Waals surface area contributed by atoms with Crippen LogP contribution in [0.15, 0.2) is 24.3 Å². The maximum absolute atomic E-state index is 12.4. The molecule has 6 heteroatoms. The van der Waals surface area contributed by atoms with Gasteiger partial charge in [0.2, 0.25) is 5.91 Å². The van der Waals surface area contributed by atoms with Gasteiger partial charge in [0, 0.05) is 12.8 Å². The normalized spacial score (nSPS) is 12.8. The van der Waals surface area contributed by atoms with Crippen LogP contribution in [0.2, 0.25) is 0 Å². The molecule has 0 bridgehead atoms. The molecule has 0 aliphatic heterocycles. The topological polar surface area (TPSA) is 95.9 Å². The van der Waals surface area contributed by atoms with Crippen molar-refractivity contribution in [1.29, 1.82) is 0 Å². The van der Waals surface area contributed by atoms with Crippen LogP contribution in [0.4, 0.5) is 0 Å². The highest BCUT2D eigenvalue weighted by atomic mass is 16.5. The molecule has 0 heterocycles. The minimum atomic E-state index is -0.875. The van der Waals surface area contributed by atoms with Gasteiger partial charge in [0.05, 0.1) is 25.4 Å². The zero-order chi connectivity index (χ0) is 43.7. The average molecular weight is 846 g/mol. The van der Waals surface area contributed by atoms with Gasteiger partial charge in [-0.15, -0.1) is 0 Å². The number of ether oxygens (including phenoxy) is 1. The number of hydrogen-bond donors (Lipinski definition) is 3. The summed E-state index contributed by atoms with van der Waals surface area (Å²) in [6.45, 7) is 4.82. The Morgan fingerprint density at radius 2 is 0.800 bits per heavy atom. The predicted octanol–water partition coefficient (Wildman–Crippen LogP) is 15.9. The Morgan fingerprint density at radius 3 is 1.22 bits per heavy atom. The third-order valence-corrected chi connectivity index (χ3v) is 12.2. The molecule has 2 atom stereocenters. The summed E-state index contributed by atoms with van der Waals surface area (Å²) in [6.07, 6.45) is 59.0. The van der Waals surface area contributed by atoms with Gasteiger partial charge in [-0.2, -0.15) is 0 Å². The molecule has 0 saturated carbocycles. The molecule has 0 fully saturated rings. The summed E-state index contributed by atoms with van der Waals surface area (Å²) in [5, 5.41) is 23.0. The Balaban J connectivity index is 3.56. The summed E-state index contributed by atoms with van der Waals surface area (Å²) in [6, 6.07) is -0.665. The van der Waals surface area contributed by atoms with Crippen molar-refractivity contribution in [2.24, 2.45) is 0 Å². The van der Waals surface area contributed by atoms with Gasteiger partial charge in [0.25, 0.3) is 0 Å². The molecule has 2 unspecified atom stereocenters. The zero-order valence-electron chi connectivity index (χ0n) is 40.2. The van der Waals surface area contributed by atoms with E-state index in [4.69, 9.17) is 4.74 Å². The van der Waals surface area contributed by atoms with E-state index in [9.17, 15) is 19.8 Å². The van der Waals surface area contributed by atoms with Crippen LogP contribution in [0.1, 0.15) is 284 Å². The highest BCUT2D eigenvalue weighted by molar-refractivity contribution is 5.76. The summed E-state index contributed by atoms with van der Waals surface area (Å²) >= 11 is 0. The fraction of sp³-hybridized carbons (Fsp3) is 0.889. The standard InChI is InChI=1S/C54H103NO5/c1-3-5-7-9-11-13-15-17-19-21-22-23-25-27-30-34-38-42-46-52(57)51(50-56)55-53(58)47-43-39-35-31-29-33-37-41-45-49-60-54(59)48-44-40-36-32-28-26-24-20-18-16-14-12-10-8-6-4-2/h31,35,42,46,51-52,56-57H,3-30,32-34,36-41,43-45,47-50H2,1-2H3,(H,55,58)/b35-31-,46-42+. The first-order chi connectivity index (χ1) is 29.5. The van der Waals surface area contributed by atoms with E-state index in [2.05, 4.69) is 31.3 Å². The molecule has 0 spiro atoms. The Labute approximate surface area is 373 Å². The highest BCUT2D eigenvalue weighted by Gasteiger charge is 2.17. The molecule has 0 rings (SSSR count). The van der Waals surface area contributed by atoms with Crippen molar-refractivity contribution in [1.82, 2.24) is 5.32 Å². The number of allylic oxidation sites excluding steroid dienone is 3. The number of unbranched alkanes of at least 4 members (excludes halogenated alkanes) is 36. The number of esters is 1. The summed E-state index contributed by atoms with van der Waals surface area (Å²) in [7, 11) is 0. The summed E-state index contributed by atoms with van der Waals surface area (Å²) in [5.74, 6) is -0.161. The molecule has 6 nitrogen and oxygen atoms in total. The van der Waals surface area contributed by atoms with Crippen molar-refractivity contribution in [3.05, 3.63) is 24.3 Å². The van der Waals surface area contributed by atoms with E-state index in [0.717, 1.165) is 70.6 Å². The fourth-order valence-electron chi connectivity index (χ4n) is 8.11. The second-order valence-corrected chi connectivity index (χ2v) is 18.2. The van der Waals surface area contributed by atoms with Crippen molar-refractivity contribution >= 4 is 11.9 Å². The molecule has 0 aliphatic carbocycles. The molecule has 0 aliphatic rings. The van der Waals surface area contributed by atoms with E-state index in [1.54, 1.807) is 6.08 Å². The number of carbonyl (C=O) groups is 2. The van der Waals surface area contributed by atoms with Crippen LogP contribution < -0.4 is 5.32 Å². The first kappa shape index (κ1) is 58.3. The lowest BCUT2D eigenvalue weighted by Crippen LogP contribution is -2.45. The maximum atomic E-state index is 12.4. The second kappa shape index (κ2) is 50.0. The quantitative estimate of drug-likeness (QED) is 0.0322. The summed E-state index contributed by atoms with van der Waals surface area (Å²) in [5.41, 5.74) is 0. The van der Waals surface area contributed by atoms with E-state index < -0.39 is 12.1 Å². The lowest BCUT2D eigenvalue weighted by Gasteiger charge is -2.19. The van der Waals surface area contributed by atoms with Gasteiger partial charge >= 0.3 is 5.97 Å². The first-order valence-corrected chi connectivity index (χ1v) is 26.6. The second-order valence-electron chi connectivity index (χ2n) is 18.2. The lowest BCUT2D eigenvalue weighted by molar-refractivity contribution is -0.143. The predicted molar refractivity (Wildman–Crippen MR) is 260 cm³/mol. The smallest absolute Gasteiger partial charge is 0.305 e. The number of carbonyl (C=O) groups excluding carboxylic acids is 2. The molecule has 0 saturated heterocycles. The monoisotopic (exact) mass is 846 g/mol. The largest absolute Gasteiger partial charge is 0.466 e. The minimum absolute atomic E-state index is 0.0345. The Bertz CT molecular complexity index is 935. The average Bonchev–Trinajstić information content (AvgIpc) is 3.25. The van der Waals surface area contributed by atoms with Crippen LogP contribution in [0.25, 0.3) is 0 Å². The number of rotatable bonds is 49. The summed E-state index contributed by atoms with van der Waals surface area (Å²) < 4.78 is 5.45. The lowest BCUT2D eigenvalue weighted by atomic mass is 10.0. The molecular formula is C54H103NO5. The van der Waals surface area contributed by atoms with E-state index in [1.807, 2.05) is 6.08 Å². The number of aliphatic hydroxyl groups excluding tert-OH is 2. The first-order valence-electron chi connectivity index (χ1n) is 26.6. The van der Waals surface area contributed by atoms with Crippen molar-refractivity contribution in [3.8, 4) is 0 Å². The third kappa shape index (κ3) is 45.9. The molecule has 0 aromatic carbocycles. The number of amides is 1. The van der Waals surface area contributed by atoms with Crippen molar-refractivity contribution in [2.45, 2.75) is 296 Å². The van der Waals surface area contributed by atoms with Crippen LogP contribution in [-0.2, 0) is 14.3 Å². The van der Waals surface area contributed by atoms with Crippen LogP contribution in [0, 0.1) is 0 Å². The molecule has 60 heavy (non-hydrogen) atoms. The molecule has 3 N–H and O–H groups in total. The SMILES string of the molecule is CCCCCCCCCCCCCCCCCC/C=C/C(O)C(CO)NC(=O)CCC/C=C\CCCCCCOC(=O)CCCCCCCCCCCCCCCCCC. The van der Waals surface area contributed by atoms with Gasteiger partial charge in [0.15, 0.2) is 0 Å². The van der Waals surface area contributed by atoms with Crippen molar-refractivity contribution in [2.75, 3.05) is 13.2 Å². The van der Waals surface area contributed by atoms with Gasteiger partial charge < -0.3 is 20.3 Å². The Morgan fingerprint density at radius 1 is 0.450 bits per heavy atom. The third-order valence-electron chi connectivity index (χ3n) is 12.2. The minimum Gasteiger partial charge on any atom is -0.466 e. The fourth-order valence-corrected chi connectivity index (χ4v) is 8.11. The van der Waals surface area contributed by atoms with Gasteiger partial charge in [-0.05, 0) is 51.4 Å².